The third-order valence-electron chi connectivity index (χ3n) is 11.1. The Labute approximate surface area is 311 Å². The molecular weight excluding hydrogens is 656 g/mol. The number of amides is 2. The van der Waals surface area contributed by atoms with E-state index in [2.05, 4.69) is 32.7 Å². The van der Waals surface area contributed by atoms with E-state index in [0.29, 0.717) is 62.7 Å². The number of hydrogen-bond acceptors (Lipinski definition) is 8. The molecule has 0 aliphatic carbocycles. The van der Waals surface area contributed by atoms with Gasteiger partial charge in [0.2, 0.25) is 11.8 Å². The molecule has 52 heavy (non-hydrogen) atoms. The van der Waals surface area contributed by atoms with Crippen molar-refractivity contribution < 1.29 is 28.7 Å². The number of piperidine rings is 1. The number of likely N-dealkylation sites (tertiary alicyclic amines) is 1. The number of ether oxygens (including phenoxy) is 1. The van der Waals surface area contributed by atoms with Crippen molar-refractivity contribution in [2.75, 3.05) is 27.2 Å². The summed E-state index contributed by atoms with van der Waals surface area (Å²) in [4.78, 5) is 75.8. The van der Waals surface area contributed by atoms with Gasteiger partial charge in [0.05, 0.1) is 11.6 Å². The fourth-order valence-electron chi connectivity index (χ4n) is 7.99. The second-order valence-corrected chi connectivity index (χ2v) is 15.3. The zero-order valence-corrected chi connectivity index (χ0v) is 32.5. The van der Waals surface area contributed by atoms with Crippen molar-refractivity contribution in [3.8, 4) is 5.75 Å². The minimum atomic E-state index is -0.881. The third kappa shape index (κ3) is 10.2. The Kier molecular flexibility index (Phi) is 15.2. The lowest BCUT2D eigenvalue weighted by molar-refractivity contribution is -0.156. The molecule has 3 atom stereocenters. The lowest BCUT2D eigenvalue weighted by Crippen LogP contribution is -2.65. The summed E-state index contributed by atoms with van der Waals surface area (Å²) in [6.45, 7) is 9.28. The van der Waals surface area contributed by atoms with Crippen LogP contribution in [0.5, 0.6) is 5.75 Å². The molecule has 10 heteroatoms. The molecule has 286 valence electrons. The van der Waals surface area contributed by atoms with Gasteiger partial charge in [0.15, 0.2) is 5.78 Å². The van der Waals surface area contributed by atoms with Gasteiger partial charge in [0.1, 0.15) is 23.2 Å². The van der Waals surface area contributed by atoms with E-state index in [1.54, 1.807) is 25.3 Å². The lowest BCUT2D eigenvalue weighted by atomic mass is 9.86. The number of rotatable bonds is 19. The largest absolute Gasteiger partial charge is 0.423 e. The molecule has 0 saturated carbocycles. The Morgan fingerprint density at radius 3 is 2.17 bits per heavy atom. The van der Waals surface area contributed by atoms with Crippen molar-refractivity contribution in [1.29, 1.82) is 0 Å². The summed E-state index contributed by atoms with van der Waals surface area (Å²) in [7, 11) is 3.93. The molecule has 10 nitrogen and oxygen atoms in total. The summed E-state index contributed by atoms with van der Waals surface area (Å²) in [5.41, 5.74) is 0.531. The Morgan fingerprint density at radius 1 is 0.904 bits per heavy atom. The number of allylic oxidation sites excluding steroid dienone is 1. The normalized spacial score (nSPS) is 19.9. The van der Waals surface area contributed by atoms with Gasteiger partial charge in [-0.1, -0.05) is 71.1 Å². The second kappa shape index (κ2) is 19.3. The lowest BCUT2D eigenvalue weighted by Gasteiger charge is -2.51. The van der Waals surface area contributed by atoms with Crippen molar-refractivity contribution >= 4 is 29.4 Å². The van der Waals surface area contributed by atoms with E-state index in [-0.39, 0.29) is 29.3 Å². The minimum Gasteiger partial charge on any atom is -0.423 e. The monoisotopic (exact) mass is 718 g/mol. The zero-order chi connectivity index (χ0) is 37.8. The molecule has 2 fully saturated rings. The summed E-state index contributed by atoms with van der Waals surface area (Å²) in [5, 5.41) is 0. The van der Waals surface area contributed by atoms with Crippen molar-refractivity contribution in [1.82, 2.24) is 19.6 Å². The molecule has 0 bridgehead atoms. The maximum Gasteiger partial charge on any atom is 0.341 e. The van der Waals surface area contributed by atoms with Gasteiger partial charge in [-0.05, 0) is 63.0 Å². The molecule has 2 saturated heterocycles. The zero-order valence-electron chi connectivity index (χ0n) is 32.5. The van der Waals surface area contributed by atoms with Gasteiger partial charge in [-0.3, -0.25) is 14.4 Å². The predicted octanol–water partition coefficient (Wildman–Crippen LogP) is 6.82. The molecule has 3 unspecified atom stereocenters. The highest BCUT2D eigenvalue weighted by molar-refractivity contribution is 5.97. The van der Waals surface area contributed by atoms with E-state index < -0.39 is 23.7 Å². The summed E-state index contributed by atoms with van der Waals surface area (Å²) in [6.07, 6.45) is 15.5. The first-order chi connectivity index (χ1) is 24.9. The smallest absolute Gasteiger partial charge is 0.341 e. The van der Waals surface area contributed by atoms with Crippen molar-refractivity contribution in [3.63, 3.8) is 0 Å². The average Bonchev–Trinajstić information content (AvgIpc) is 3.34. The van der Waals surface area contributed by atoms with Crippen LogP contribution >= 0.6 is 0 Å². The first-order valence-corrected chi connectivity index (χ1v) is 19.7. The molecule has 3 heterocycles. The van der Waals surface area contributed by atoms with Crippen LogP contribution in [0.3, 0.4) is 0 Å². The first-order valence-electron chi connectivity index (χ1n) is 19.7. The molecule has 4 rings (SSSR count). The number of carbonyl (C=O) groups excluding carboxylic acids is 5. The number of Topliss-reactive ketones (excluding diaryl/α,β-unsaturated/α-hetero) is 2. The molecular formula is C42H62N4O6. The summed E-state index contributed by atoms with van der Waals surface area (Å²) in [5.74, 6) is 0.00265. The fourth-order valence-corrected chi connectivity index (χ4v) is 7.99. The number of carbonyl (C=O) groups is 5. The van der Waals surface area contributed by atoms with Crippen LogP contribution in [0.1, 0.15) is 123 Å². The molecule has 1 aromatic rings. The van der Waals surface area contributed by atoms with Gasteiger partial charge in [-0.25, -0.2) is 4.79 Å². The summed E-state index contributed by atoms with van der Waals surface area (Å²) in [6, 6.07) is 5.85. The number of unbranched alkanes of at least 4 members (excludes halogenated alkanes) is 5. The maximum absolute atomic E-state index is 15.0. The molecule has 1 spiro atoms. The molecule has 0 aromatic heterocycles. The van der Waals surface area contributed by atoms with E-state index in [1.807, 2.05) is 46.2 Å². The third-order valence-corrected chi connectivity index (χ3v) is 11.1. The van der Waals surface area contributed by atoms with E-state index in [4.69, 9.17) is 4.74 Å². The van der Waals surface area contributed by atoms with E-state index in [1.165, 1.54) is 0 Å². The van der Waals surface area contributed by atoms with Crippen LogP contribution in [-0.2, 0) is 30.4 Å². The molecule has 3 aliphatic heterocycles. The van der Waals surface area contributed by atoms with E-state index >= 15 is 4.79 Å². The summed E-state index contributed by atoms with van der Waals surface area (Å²) < 4.78 is 5.68. The number of ketones is 2. The van der Waals surface area contributed by atoms with Crippen LogP contribution in [-0.4, -0.2) is 93.9 Å². The number of nitrogens with zero attached hydrogens (tertiary/aromatic N) is 4. The molecule has 2 amide bonds. The van der Waals surface area contributed by atoms with Gasteiger partial charge >= 0.3 is 5.97 Å². The van der Waals surface area contributed by atoms with Crippen molar-refractivity contribution in [3.05, 3.63) is 53.9 Å². The molecule has 1 aromatic carbocycles. The van der Waals surface area contributed by atoms with Crippen LogP contribution in [0.2, 0.25) is 0 Å². The quantitative estimate of drug-likeness (QED) is 0.0872. The molecule has 3 aliphatic rings. The topological polar surface area (TPSA) is 108 Å². The Morgan fingerprint density at radius 2 is 1.56 bits per heavy atom. The van der Waals surface area contributed by atoms with Crippen LogP contribution in [0.15, 0.2) is 48.3 Å². The maximum atomic E-state index is 15.0. The number of esters is 1. The standard InChI is InChI=1S/C42H62N4O6/c1-7-9-12-19-38(49)45-36(29-33-20-22-35(23-21-33)52-41(51)34-17-15-26-44(6)30-34)40(50)46(42(45)24-27-43(5)28-25-42)39(31(3)8-2)37(48)18-14-11-10-13-16-32(4)47/h15,20-23,26,30-31,36,39H,7-14,16-19,24-25,27-29H2,1-6H3. The Hall–Kier alpha value is -3.79. The van der Waals surface area contributed by atoms with E-state index in [9.17, 15) is 19.2 Å². The molecule has 0 radical (unpaired) electrons. The van der Waals surface area contributed by atoms with Gasteiger partial charge < -0.3 is 29.1 Å². The van der Waals surface area contributed by atoms with Gasteiger partial charge in [-0.2, -0.15) is 0 Å². The molecule has 0 N–H and O–H groups in total. The second-order valence-electron chi connectivity index (χ2n) is 15.3. The van der Waals surface area contributed by atoms with Crippen LogP contribution in [0, 0.1) is 5.92 Å². The van der Waals surface area contributed by atoms with Crippen LogP contribution in [0.4, 0.5) is 0 Å². The Bertz CT molecular complexity index is 1460. The van der Waals surface area contributed by atoms with E-state index in [0.717, 1.165) is 63.6 Å². The van der Waals surface area contributed by atoms with Crippen molar-refractivity contribution in [2.24, 2.45) is 5.92 Å². The Balaban J connectivity index is 1.64. The SMILES string of the molecule is CCCCCC(=O)N1C(Cc2ccc(OC(=O)C3=CN(C)C=CC3)cc2)C(=O)N(C(C(=O)CCCCCCC(C)=O)C(C)CC)C12CCN(C)CC2. The van der Waals surface area contributed by atoms with Gasteiger partial charge in [0.25, 0.3) is 0 Å². The number of benzene rings is 1. The van der Waals surface area contributed by atoms with Gasteiger partial charge in [0, 0.05) is 71.3 Å². The number of hydrogen-bond donors (Lipinski definition) is 0. The van der Waals surface area contributed by atoms with Crippen molar-refractivity contribution in [2.45, 2.75) is 142 Å². The summed E-state index contributed by atoms with van der Waals surface area (Å²) >= 11 is 0. The predicted molar refractivity (Wildman–Crippen MR) is 203 cm³/mol. The minimum absolute atomic E-state index is 0.0231. The highest BCUT2D eigenvalue weighted by Gasteiger charge is 2.61. The average molecular weight is 719 g/mol. The highest BCUT2D eigenvalue weighted by Crippen LogP contribution is 2.45. The van der Waals surface area contributed by atoms with Gasteiger partial charge in [-0.15, -0.1) is 0 Å². The fraction of sp³-hybridized carbons (Fsp3) is 0.643. The first kappa shape index (κ1) is 41.0. The van der Waals surface area contributed by atoms with Crippen LogP contribution < -0.4 is 4.74 Å². The highest BCUT2D eigenvalue weighted by atomic mass is 16.5. The van der Waals surface area contributed by atoms with Crippen LogP contribution in [0.25, 0.3) is 0 Å².